The number of amides is 1. The largest absolute Gasteiger partial charge is 0.493 e. The van der Waals surface area contributed by atoms with Crippen molar-refractivity contribution in [2.24, 2.45) is 5.73 Å². The van der Waals surface area contributed by atoms with E-state index in [1.807, 2.05) is 6.07 Å². The standard InChI is InChI=1S/C10H11NO2.H2S/c11-10(12)8-4-3-7-2-1-5-13-9(7)6-8;/h3-4,6H,1-2,5H2,(H2,11,12);1H2. The maximum Gasteiger partial charge on any atom is 0.248 e. The molecular formula is C10H13NO2S. The van der Waals surface area contributed by atoms with Gasteiger partial charge in [-0.2, -0.15) is 13.5 Å². The Balaban J connectivity index is 0.000000980. The van der Waals surface area contributed by atoms with Gasteiger partial charge in [0.25, 0.3) is 0 Å². The minimum atomic E-state index is -0.406. The number of primary amides is 1. The lowest BCUT2D eigenvalue weighted by atomic mass is 10.0. The topological polar surface area (TPSA) is 52.3 Å². The summed E-state index contributed by atoms with van der Waals surface area (Å²) in [7, 11) is 0. The minimum absolute atomic E-state index is 0. The van der Waals surface area contributed by atoms with E-state index in [1.165, 1.54) is 0 Å². The summed E-state index contributed by atoms with van der Waals surface area (Å²) in [5.74, 6) is 0.402. The van der Waals surface area contributed by atoms with Gasteiger partial charge in [-0.1, -0.05) is 6.07 Å². The van der Waals surface area contributed by atoms with Crippen LogP contribution in [0.4, 0.5) is 0 Å². The lowest BCUT2D eigenvalue weighted by molar-refractivity contribution is 0.0999. The van der Waals surface area contributed by atoms with E-state index in [9.17, 15) is 4.79 Å². The number of carbonyl (C=O) groups is 1. The third kappa shape index (κ3) is 2.01. The highest BCUT2D eigenvalue weighted by Crippen LogP contribution is 2.25. The monoisotopic (exact) mass is 211 g/mol. The van der Waals surface area contributed by atoms with Gasteiger partial charge < -0.3 is 10.5 Å². The molecule has 1 aliphatic heterocycles. The third-order valence-electron chi connectivity index (χ3n) is 2.20. The van der Waals surface area contributed by atoms with Crippen LogP contribution < -0.4 is 10.5 Å². The maximum absolute atomic E-state index is 10.9. The molecule has 14 heavy (non-hydrogen) atoms. The lowest BCUT2D eigenvalue weighted by Gasteiger charge is -2.17. The van der Waals surface area contributed by atoms with Gasteiger partial charge in [-0.25, -0.2) is 0 Å². The molecule has 2 N–H and O–H groups in total. The van der Waals surface area contributed by atoms with Crippen molar-refractivity contribution in [2.45, 2.75) is 12.8 Å². The van der Waals surface area contributed by atoms with E-state index in [-0.39, 0.29) is 13.5 Å². The molecule has 1 aromatic carbocycles. The molecule has 0 fully saturated rings. The van der Waals surface area contributed by atoms with Crippen LogP contribution in [0.15, 0.2) is 18.2 Å². The average Bonchev–Trinajstić information content (AvgIpc) is 2.17. The summed E-state index contributed by atoms with van der Waals surface area (Å²) in [6, 6.07) is 5.38. The fourth-order valence-electron chi connectivity index (χ4n) is 1.49. The summed E-state index contributed by atoms with van der Waals surface area (Å²) in [4.78, 5) is 10.9. The SMILES string of the molecule is NC(=O)c1ccc2c(c1)OCCC2.S. The Labute approximate surface area is 89.7 Å². The Bertz CT molecular complexity index is 352. The van der Waals surface area contributed by atoms with Crippen LogP contribution in [0, 0.1) is 0 Å². The van der Waals surface area contributed by atoms with E-state index in [0.717, 1.165) is 30.8 Å². The van der Waals surface area contributed by atoms with E-state index < -0.39 is 5.91 Å². The van der Waals surface area contributed by atoms with Crippen LogP contribution in [0.3, 0.4) is 0 Å². The number of hydrogen-bond acceptors (Lipinski definition) is 2. The van der Waals surface area contributed by atoms with E-state index in [2.05, 4.69) is 0 Å². The number of hydrogen-bond donors (Lipinski definition) is 1. The normalized spacial score (nSPS) is 13.4. The molecule has 0 unspecified atom stereocenters. The minimum Gasteiger partial charge on any atom is -0.493 e. The summed E-state index contributed by atoms with van der Waals surface area (Å²) in [5.41, 5.74) is 6.83. The van der Waals surface area contributed by atoms with Crippen LogP contribution in [-0.2, 0) is 6.42 Å². The van der Waals surface area contributed by atoms with Crippen molar-refractivity contribution in [3.05, 3.63) is 29.3 Å². The summed E-state index contributed by atoms with van der Waals surface area (Å²) < 4.78 is 5.41. The van der Waals surface area contributed by atoms with Crippen molar-refractivity contribution < 1.29 is 9.53 Å². The van der Waals surface area contributed by atoms with Crippen molar-refractivity contribution in [1.29, 1.82) is 0 Å². The fraction of sp³-hybridized carbons (Fsp3) is 0.300. The Morgan fingerprint density at radius 3 is 2.93 bits per heavy atom. The first-order chi connectivity index (χ1) is 6.27. The molecule has 0 atom stereocenters. The van der Waals surface area contributed by atoms with Gasteiger partial charge in [-0.3, -0.25) is 4.79 Å². The van der Waals surface area contributed by atoms with Crippen molar-refractivity contribution in [3.8, 4) is 5.75 Å². The fourth-order valence-corrected chi connectivity index (χ4v) is 1.49. The van der Waals surface area contributed by atoms with E-state index in [0.29, 0.717) is 5.56 Å². The smallest absolute Gasteiger partial charge is 0.248 e. The molecular weight excluding hydrogens is 198 g/mol. The molecule has 76 valence electrons. The highest BCUT2D eigenvalue weighted by molar-refractivity contribution is 7.59. The molecule has 1 amide bonds. The van der Waals surface area contributed by atoms with Gasteiger partial charge in [0, 0.05) is 5.56 Å². The van der Waals surface area contributed by atoms with Gasteiger partial charge in [0.05, 0.1) is 6.61 Å². The second kappa shape index (κ2) is 4.37. The summed E-state index contributed by atoms with van der Waals surface area (Å²) >= 11 is 0. The number of carbonyl (C=O) groups excluding carboxylic acids is 1. The lowest BCUT2D eigenvalue weighted by Crippen LogP contribution is -2.13. The second-order valence-corrected chi connectivity index (χ2v) is 3.14. The summed E-state index contributed by atoms with van der Waals surface area (Å²) in [6.07, 6.45) is 2.07. The molecule has 1 aromatic rings. The van der Waals surface area contributed by atoms with Crippen LogP contribution in [0.1, 0.15) is 22.3 Å². The molecule has 1 heterocycles. The predicted octanol–water partition coefficient (Wildman–Crippen LogP) is 1.22. The molecule has 0 saturated heterocycles. The Hall–Kier alpha value is -1.16. The molecule has 0 bridgehead atoms. The zero-order valence-electron chi connectivity index (χ0n) is 7.75. The molecule has 0 aromatic heterocycles. The van der Waals surface area contributed by atoms with Gasteiger partial charge in [0.15, 0.2) is 0 Å². The second-order valence-electron chi connectivity index (χ2n) is 3.14. The molecule has 0 radical (unpaired) electrons. The van der Waals surface area contributed by atoms with Crippen LogP contribution in [0.2, 0.25) is 0 Å². The highest BCUT2D eigenvalue weighted by Gasteiger charge is 2.11. The van der Waals surface area contributed by atoms with Crippen LogP contribution in [0.5, 0.6) is 5.75 Å². The predicted molar refractivity (Wildman–Crippen MR) is 59.2 cm³/mol. The summed E-state index contributed by atoms with van der Waals surface area (Å²) in [6.45, 7) is 0.731. The van der Waals surface area contributed by atoms with Gasteiger partial charge in [-0.15, -0.1) is 0 Å². The summed E-state index contributed by atoms with van der Waals surface area (Å²) in [5, 5.41) is 0. The van der Waals surface area contributed by atoms with E-state index in [4.69, 9.17) is 10.5 Å². The van der Waals surface area contributed by atoms with Gasteiger partial charge in [-0.05, 0) is 30.5 Å². The Kier molecular flexibility index (Phi) is 3.41. The number of nitrogens with two attached hydrogens (primary N) is 1. The number of rotatable bonds is 1. The number of aryl methyl sites for hydroxylation is 1. The Morgan fingerprint density at radius 1 is 1.43 bits per heavy atom. The van der Waals surface area contributed by atoms with Gasteiger partial charge in [0.1, 0.15) is 5.75 Å². The Morgan fingerprint density at radius 2 is 2.21 bits per heavy atom. The quantitative estimate of drug-likeness (QED) is 0.759. The number of fused-ring (bicyclic) bond motifs is 1. The maximum atomic E-state index is 10.9. The van der Waals surface area contributed by atoms with Crippen LogP contribution >= 0.6 is 13.5 Å². The zero-order valence-corrected chi connectivity index (χ0v) is 8.75. The molecule has 0 spiro atoms. The van der Waals surface area contributed by atoms with E-state index >= 15 is 0 Å². The third-order valence-corrected chi connectivity index (χ3v) is 2.20. The van der Waals surface area contributed by atoms with Gasteiger partial charge >= 0.3 is 0 Å². The van der Waals surface area contributed by atoms with Crippen molar-refractivity contribution in [1.82, 2.24) is 0 Å². The zero-order chi connectivity index (χ0) is 9.26. The molecule has 2 rings (SSSR count). The van der Waals surface area contributed by atoms with Gasteiger partial charge in [0.2, 0.25) is 5.91 Å². The van der Waals surface area contributed by atoms with Crippen LogP contribution in [0.25, 0.3) is 0 Å². The number of ether oxygens (including phenoxy) is 1. The van der Waals surface area contributed by atoms with Crippen molar-refractivity contribution in [2.75, 3.05) is 6.61 Å². The highest BCUT2D eigenvalue weighted by atomic mass is 32.1. The van der Waals surface area contributed by atoms with Crippen LogP contribution in [-0.4, -0.2) is 12.5 Å². The molecule has 4 heteroatoms. The van der Waals surface area contributed by atoms with Crippen molar-refractivity contribution in [3.63, 3.8) is 0 Å². The average molecular weight is 211 g/mol. The first-order valence-corrected chi connectivity index (χ1v) is 4.33. The first kappa shape index (κ1) is 10.9. The van der Waals surface area contributed by atoms with Crippen molar-refractivity contribution >= 4 is 19.4 Å². The molecule has 3 nitrogen and oxygen atoms in total. The molecule has 1 aliphatic rings. The number of benzene rings is 1. The molecule has 0 saturated carbocycles. The molecule has 0 aliphatic carbocycles. The van der Waals surface area contributed by atoms with E-state index in [1.54, 1.807) is 12.1 Å². The first-order valence-electron chi connectivity index (χ1n) is 4.33.